The fourth-order valence-corrected chi connectivity index (χ4v) is 3.50. The minimum atomic E-state index is -0.362. The number of rotatable bonds is 2. The highest BCUT2D eigenvalue weighted by molar-refractivity contribution is 6.75. The van der Waals surface area contributed by atoms with Crippen LogP contribution in [0, 0.1) is 0 Å². The largest absolute Gasteiger partial charge is 0.329 e. The van der Waals surface area contributed by atoms with Crippen LogP contribution in [-0.4, -0.2) is 33.7 Å². The lowest BCUT2D eigenvalue weighted by molar-refractivity contribution is 0.662. The Morgan fingerprint density at radius 1 is 1.20 bits per heavy atom. The van der Waals surface area contributed by atoms with Crippen molar-refractivity contribution >= 4 is 20.7 Å². The molecule has 0 bridgehead atoms. The van der Waals surface area contributed by atoms with Gasteiger partial charge in [-0.05, 0) is 25.7 Å². The number of hydrogen-bond donors (Lipinski definition) is 0. The normalized spacial score (nSPS) is 18.6. The molecule has 0 fully saturated rings. The van der Waals surface area contributed by atoms with Crippen LogP contribution >= 0.6 is 0 Å². The van der Waals surface area contributed by atoms with Crippen molar-refractivity contribution in [1.82, 2.24) is 4.57 Å². The first-order valence-corrected chi connectivity index (χ1v) is 6.68. The molecular formula is C12H18N2Si. The highest BCUT2D eigenvalue weighted by atomic mass is 28.2. The van der Waals surface area contributed by atoms with Crippen LogP contribution in [0.4, 0.5) is 5.69 Å². The molecule has 3 heteroatoms. The van der Waals surface area contributed by atoms with Crippen LogP contribution in [0.3, 0.4) is 0 Å². The van der Waals surface area contributed by atoms with Crippen molar-refractivity contribution in [2.24, 2.45) is 4.99 Å². The maximum Gasteiger partial charge on any atom is 0.145 e. The molecule has 0 aliphatic carbocycles. The van der Waals surface area contributed by atoms with E-state index < -0.39 is 0 Å². The predicted octanol–water partition coefficient (Wildman–Crippen LogP) is 1.65. The third-order valence-electron chi connectivity index (χ3n) is 3.02. The van der Waals surface area contributed by atoms with Gasteiger partial charge in [-0.25, -0.2) is 0 Å². The summed E-state index contributed by atoms with van der Waals surface area (Å²) in [6.07, 6.45) is 0. The first-order chi connectivity index (χ1) is 7.01. The summed E-state index contributed by atoms with van der Waals surface area (Å²) in [5.41, 5.74) is 2.70. The van der Waals surface area contributed by atoms with Crippen LogP contribution in [-0.2, 0) is 5.41 Å². The van der Waals surface area contributed by atoms with Crippen LogP contribution < -0.4 is 0 Å². The first kappa shape index (κ1) is 10.6. The molecule has 1 heterocycles. The zero-order valence-electron chi connectivity index (χ0n) is 9.91. The summed E-state index contributed by atoms with van der Waals surface area (Å²) in [6.45, 7) is 4.57. The molecule has 1 aromatic carbocycles. The standard InChI is InChI=1S/C12H18N2Si/c1-12(2)9-7-5-6-8-10(9)13-11(12)15-14(3)4/h5-8H,15H2,1-4H3. The van der Waals surface area contributed by atoms with Crippen molar-refractivity contribution in [3.8, 4) is 0 Å². The molecule has 2 rings (SSSR count). The van der Waals surface area contributed by atoms with E-state index >= 15 is 0 Å². The second-order valence-electron chi connectivity index (χ2n) is 4.94. The van der Waals surface area contributed by atoms with Gasteiger partial charge in [0.05, 0.1) is 5.69 Å². The molecule has 2 nitrogen and oxygen atoms in total. The third kappa shape index (κ3) is 1.77. The van der Waals surface area contributed by atoms with Gasteiger partial charge in [-0.3, -0.25) is 4.99 Å². The fourth-order valence-electron chi connectivity index (χ4n) is 2.07. The zero-order valence-corrected chi connectivity index (χ0v) is 11.3. The van der Waals surface area contributed by atoms with Crippen LogP contribution in [0.25, 0.3) is 0 Å². The summed E-state index contributed by atoms with van der Waals surface area (Å²) >= 11 is 0. The molecule has 0 unspecified atom stereocenters. The molecule has 15 heavy (non-hydrogen) atoms. The average Bonchev–Trinajstić information content (AvgIpc) is 2.39. The van der Waals surface area contributed by atoms with Gasteiger partial charge in [-0.15, -0.1) is 0 Å². The van der Waals surface area contributed by atoms with Crippen molar-refractivity contribution in [2.75, 3.05) is 14.1 Å². The molecule has 0 saturated heterocycles. The minimum absolute atomic E-state index is 0.146. The Labute approximate surface area is 93.9 Å². The van der Waals surface area contributed by atoms with E-state index in [0.717, 1.165) is 0 Å². The molecular weight excluding hydrogens is 200 g/mol. The number of para-hydroxylation sites is 1. The Morgan fingerprint density at radius 3 is 2.47 bits per heavy atom. The summed E-state index contributed by atoms with van der Waals surface area (Å²) in [5.74, 6) is 0. The summed E-state index contributed by atoms with van der Waals surface area (Å²) in [7, 11) is 3.93. The van der Waals surface area contributed by atoms with Crippen LogP contribution in [0.5, 0.6) is 0 Å². The van der Waals surface area contributed by atoms with Gasteiger partial charge in [0.2, 0.25) is 0 Å². The van der Waals surface area contributed by atoms with Crippen molar-refractivity contribution in [3.63, 3.8) is 0 Å². The van der Waals surface area contributed by atoms with Gasteiger partial charge in [0.1, 0.15) is 9.68 Å². The van der Waals surface area contributed by atoms with E-state index in [1.165, 1.54) is 16.6 Å². The average molecular weight is 218 g/mol. The molecule has 0 aromatic heterocycles. The fraction of sp³-hybridized carbons (Fsp3) is 0.417. The van der Waals surface area contributed by atoms with E-state index in [9.17, 15) is 0 Å². The molecule has 0 saturated carbocycles. The van der Waals surface area contributed by atoms with Gasteiger partial charge >= 0.3 is 0 Å². The topological polar surface area (TPSA) is 15.6 Å². The molecule has 1 aliphatic rings. The summed E-state index contributed by atoms with van der Waals surface area (Å²) < 4.78 is 2.31. The molecule has 0 atom stereocenters. The van der Waals surface area contributed by atoms with E-state index in [-0.39, 0.29) is 15.1 Å². The molecule has 1 aliphatic heterocycles. The van der Waals surface area contributed by atoms with Crippen molar-refractivity contribution in [2.45, 2.75) is 19.3 Å². The minimum Gasteiger partial charge on any atom is -0.329 e. The second kappa shape index (κ2) is 3.58. The van der Waals surface area contributed by atoms with Gasteiger partial charge in [-0.2, -0.15) is 0 Å². The van der Waals surface area contributed by atoms with E-state index in [1.54, 1.807) is 0 Å². The highest BCUT2D eigenvalue weighted by Crippen LogP contribution is 2.39. The maximum atomic E-state index is 4.78. The lowest BCUT2D eigenvalue weighted by Crippen LogP contribution is -2.37. The van der Waals surface area contributed by atoms with Gasteiger partial charge in [0.15, 0.2) is 0 Å². The van der Waals surface area contributed by atoms with Crippen LogP contribution in [0.1, 0.15) is 19.4 Å². The SMILES string of the molecule is CN(C)[SiH2]C1=Nc2ccccc2C1(C)C. The summed E-state index contributed by atoms with van der Waals surface area (Å²) in [6, 6.07) is 8.50. The molecule has 80 valence electrons. The molecule has 0 N–H and O–H groups in total. The van der Waals surface area contributed by atoms with E-state index in [2.05, 4.69) is 56.8 Å². The highest BCUT2D eigenvalue weighted by Gasteiger charge is 2.34. The van der Waals surface area contributed by atoms with Gasteiger partial charge < -0.3 is 4.57 Å². The predicted molar refractivity (Wildman–Crippen MR) is 68.8 cm³/mol. The third-order valence-corrected chi connectivity index (χ3v) is 4.99. The zero-order chi connectivity index (χ0) is 11.1. The molecule has 0 radical (unpaired) electrons. The lowest BCUT2D eigenvalue weighted by Gasteiger charge is -2.24. The number of nitrogens with zero attached hydrogens (tertiary/aromatic N) is 2. The number of aliphatic imine (C=N–C) groups is 1. The van der Waals surface area contributed by atoms with E-state index in [4.69, 9.17) is 4.99 Å². The monoisotopic (exact) mass is 218 g/mol. The summed E-state index contributed by atoms with van der Waals surface area (Å²) in [4.78, 5) is 4.78. The van der Waals surface area contributed by atoms with Crippen molar-refractivity contribution in [3.05, 3.63) is 29.8 Å². The van der Waals surface area contributed by atoms with Crippen LogP contribution in [0.15, 0.2) is 29.3 Å². The Hall–Kier alpha value is -0.933. The number of fused-ring (bicyclic) bond motifs is 1. The quantitative estimate of drug-likeness (QED) is 0.689. The first-order valence-electron chi connectivity index (χ1n) is 5.34. The summed E-state index contributed by atoms with van der Waals surface area (Å²) in [5, 5.41) is 1.40. The number of benzene rings is 1. The Bertz CT molecular complexity index is 408. The number of hydrogen-bond acceptors (Lipinski definition) is 2. The van der Waals surface area contributed by atoms with Gasteiger partial charge in [0.25, 0.3) is 0 Å². The van der Waals surface area contributed by atoms with Gasteiger partial charge in [-0.1, -0.05) is 32.0 Å². The molecule has 0 spiro atoms. The second-order valence-corrected chi connectivity index (χ2v) is 7.19. The maximum absolute atomic E-state index is 4.78. The van der Waals surface area contributed by atoms with E-state index in [0.29, 0.717) is 0 Å². The lowest BCUT2D eigenvalue weighted by atomic mass is 9.87. The molecule has 1 aromatic rings. The van der Waals surface area contributed by atoms with Crippen LogP contribution in [0.2, 0.25) is 0 Å². The Balaban J connectivity index is 2.40. The Morgan fingerprint density at radius 2 is 1.87 bits per heavy atom. The van der Waals surface area contributed by atoms with Crippen molar-refractivity contribution in [1.29, 1.82) is 0 Å². The Kier molecular flexibility index (Phi) is 2.52. The van der Waals surface area contributed by atoms with Gasteiger partial charge in [0, 0.05) is 10.7 Å². The smallest absolute Gasteiger partial charge is 0.145 e. The van der Waals surface area contributed by atoms with E-state index in [1.807, 2.05) is 0 Å². The van der Waals surface area contributed by atoms with Crippen molar-refractivity contribution < 1.29 is 0 Å². The molecule has 0 amide bonds.